The number of aromatic nitrogens is 1. The molecule has 0 unspecified atom stereocenters. The van der Waals surface area contributed by atoms with Gasteiger partial charge in [0.25, 0.3) is 5.56 Å². The summed E-state index contributed by atoms with van der Waals surface area (Å²) in [6, 6.07) is 2.02. The van der Waals surface area contributed by atoms with Gasteiger partial charge >= 0.3 is 0 Å². The van der Waals surface area contributed by atoms with Crippen molar-refractivity contribution in [2.45, 2.75) is 25.7 Å². The van der Waals surface area contributed by atoms with Crippen molar-refractivity contribution in [2.24, 2.45) is 0 Å². The van der Waals surface area contributed by atoms with Gasteiger partial charge in [-0.1, -0.05) is 0 Å². The lowest BCUT2D eigenvalue weighted by Gasteiger charge is -2.22. The quantitative estimate of drug-likeness (QED) is 0.701. The van der Waals surface area contributed by atoms with Crippen LogP contribution in [0.2, 0.25) is 0 Å². The number of H-pyrrole nitrogens is 1. The number of hydrogen-bond donors (Lipinski definition) is 2. The molecule has 0 aliphatic carbocycles. The Hall–Kier alpha value is -1.09. The van der Waals surface area contributed by atoms with Gasteiger partial charge in [0.2, 0.25) is 0 Å². The first kappa shape index (κ1) is 9.46. The second-order valence-corrected chi connectivity index (χ2v) is 3.99. The zero-order valence-electron chi connectivity index (χ0n) is 8.47. The van der Waals surface area contributed by atoms with Gasteiger partial charge in [0.1, 0.15) is 0 Å². The molecule has 1 aromatic heterocycles. The molecule has 0 saturated carbocycles. The fraction of sp³-hybridized carbons (Fsp3) is 0.545. The SMILES string of the molecule is Cc1c[nH]c(=O)c(C2CCNCC2)c1. The van der Waals surface area contributed by atoms with Crippen LogP contribution in [0.4, 0.5) is 0 Å². The molecule has 1 fully saturated rings. The molecular weight excluding hydrogens is 176 g/mol. The van der Waals surface area contributed by atoms with Crippen LogP contribution in [0.1, 0.15) is 29.9 Å². The van der Waals surface area contributed by atoms with Gasteiger partial charge in [-0.2, -0.15) is 0 Å². The molecular formula is C11H16N2O. The Morgan fingerprint density at radius 1 is 1.36 bits per heavy atom. The lowest BCUT2D eigenvalue weighted by molar-refractivity contribution is 0.457. The molecule has 1 aliphatic rings. The fourth-order valence-electron chi connectivity index (χ4n) is 2.05. The molecule has 1 aromatic rings. The van der Waals surface area contributed by atoms with Crippen LogP contribution in [0, 0.1) is 6.92 Å². The maximum Gasteiger partial charge on any atom is 0.251 e. The molecule has 14 heavy (non-hydrogen) atoms. The highest BCUT2D eigenvalue weighted by molar-refractivity contribution is 5.21. The van der Waals surface area contributed by atoms with Crippen molar-refractivity contribution in [1.82, 2.24) is 10.3 Å². The Morgan fingerprint density at radius 2 is 2.07 bits per heavy atom. The summed E-state index contributed by atoms with van der Waals surface area (Å²) in [7, 11) is 0. The molecule has 3 nitrogen and oxygen atoms in total. The first-order valence-electron chi connectivity index (χ1n) is 5.17. The number of aryl methyl sites for hydroxylation is 1. The van der Waals surface area contributed by atoms with Crippen molar-refractivity contribution in [2.75, 3.05) is 13.1 Å². The number of nitrogens with one attached hydrogen (secondary N) is 2. The van der Waals surface area contributed by atoms with E-state index in [2.05, 4.69) is 10.3 Å². The van der Waals surface area contributed by atoms with Crippen LogP contribution in [-0.4, -0.2) is 18.1 Å². The van der Waals surface area contributed by atoms with Gasteiger partial charge in [-0.05, 0) is 50.4 Å². The predicted octanol–water partition coefficient (Wildman–Crippen LogP) is 1.15. The van der Waals surface area contributed by atoms with E-state index in [0.717, 1.165) is 37.1 Å². The van der Waals surface area contributed by atoms with Crippen LogP contribution in [0.3, 0.4) is 0 Å². The molecule has 0 bridgehead atoms. The predicted molar refractivity (Wildman–Crippen MR) is 56.6 cm³/mol. The average molecular weight is 192 g/mol. The first-order valence-corrected chi connectivity index (χ1v) is 5.17. The summed E-state index contributed by atoms with van der Waals surface area (Å²) in [5.41, 5.74) is 2.19. The van der Waals surface area contributed by atoms with E-state index in [4.69, 9.17) is 0 Å². The monoisotopic (exact) mass is 192 g/mol. The molecule has 1 saturated heterocycles. The maximum absolute atomic E-state index is 11.6. The Balaban J connectivity index is 2.29. The van der Waals surface area contributed by atoms with Gasteiger partial charge in [0.05, 0.1) is 0 Å². The van der Waals surface area contributed by atoms with Crippen molar-refractivity contribution in [1.29, 1.82) is 0 Å². The number of hydrogen-bond acceptors (Lipinski definition) is 2. The molecule has 0 atom stereocenters. The normalized spacial score (nSPS) is 18.4. The van der Waals surface area contributed by atoms with E-state index >= 15 is 0 Å². The summed E-state index contributed by atoms with van der Waals surface area (Å²) in [6.07, 6.45) is 3.92. The summed E-state index contributed by atoms with van der Waals surface area (Å²) in [6.45, 7) is 4.07. The highest BCUT2D eigenvalue weighted by Crippen LogP contribution is 2.22. The number of piperidine rings is 1. The van der Waals surface area contributed by atoms with E-state index in [1.165, 1.54) is 0 Å². The molecule has 1 aliphatic heterocycles. The van der Waals surface area contributed by atoms with E-state index in [9.17, 15) is 4.79 Å². The van der Waals surface area contributed by atoms with Crippen molar-refractivity contribution in [3.05, 3.63) is 33.7 Å². The van der Waals surface area contributed by atoms with Gasteiger partial charge in [-0.15, -0.1) is 0 Å². The highest BCUT2D eigenvalue weighted by atomic mass is 16.1. The zero-order valence-corrected chi connectivity index (χ0v) is 8.47. The van der Waals surface area contributed by atoms with Crippen LogP contribution in [0.25, 0.3) is 0 Å². The van der Waals surface area contributed by atoms with Crippen molar-refractivity contribution in [3.8, 4) is 0 Å². The summed E-state index contributed by atoms with van der Waals surface area (Å²) in [5, 5.41) is 3.31. The van der Waals surface area contributed by atoms with Crippen LogP contribution in [0.5, 0.6) is 0 Å². The lowest BCUT2D eigenvalue weighted by atomic mass is 9.90. The van der Waals surface area contributed by atoms with Crippen molar-refractivity contribution in [3.63, 3.8) is 0 Å². The summed E-state index contributed by atoms with van der Waals surface area (Å²) >= 11 is 0. The molecule has 2 N–H and O–H groups in total. The van der Waals surface area contributed by atoms with E-state index in [-0.39, 0.29) is 5.56 Å². The van der Waals surface area contributed by atoms with Gasteiger partial charge in [-0.25, -0.2) is 0 Å². The number of aromatic amines is 1. The average Bonchev–Trinajstić information content (AvgIpc) is 2.23. The first-order chi connectivity index (χ1) is 6.77. The second-order valence-electron chi connectivity index (χ2n) is 3.99. The van der Waals surface area contributed by atoms with Crippen LogP contribution in [0.15, 0.2) is 17.1 Å². The smallest absolute Gasteiger partial charge is 0.251 e. The third-order valence-electron chi connectivity index (χ3n) is 2.86. The molecule has 0 aromatic carbocycles. The minimum Gasteiger partial charge on any atom is -0.329 e. The Kier molecular flexibility index (Phi) is 2.68. The summed E-state index contributed by atoms with van der Waals surface area (Å²) in [4.78, 5) is 14.4. The minimum atomic E-state index is 0.0856. The third-order valence-corrected chi connectivity index (χ3v) is 2.86. The fourth-order valence-corrected chi connectivity index (χ4v) is 2.05. The Bertz CT molecular complexity index is 364. The third kappa shape index (κ3) is 1.87. The Labute approximate surface area is 83.5 Å². The van der Waals surface area contributed by atoms with Gasteiger partial charge < -0.3 is 10.3 Å². The molecule has 0 radical (unpaired) electrons. The minimum absolute atomic E-state index is 0.0856. The van der Waals surface area contributed by atoms with E-state index < -0.39 is 0 Å². The van der Waals surface area contributed by atoms with Gasteiger partial charge in [-0.3, -0.25) is 4.79 Å². The van der Waals surface area contributed by atoms with Gasteiger partial charge in [0.15, 0.2) is 0 Å². The van der Waals surface area contributed by atoms with E-state index in [1.807, 2.05) is 13.0 Å². The molecule has 2 rings (SSSR count). The molecule has 0 spiro atoms. The zero-order chi connectivity index (χ0) is 9.97. The second kappa shape index (κ2) is 3.96. The van der Waals surface area contributed by atoms with Crippen LogP contribution < -0.4 is 10.9 Å². The van der Waals surface area contributed by atoms with E-state index in [1.54, 1.807) is 6.20 Å². The van der Waals surface area contributed by atoms with Gasteiger partial charge in [0, 0.05) is 11.8 Å². The topological polar surface area (TPSA) is 44.9 Å². The van der Waals surface area contributed by atoms with Crippen LogP contribution in [-0.2, 0) is 0 Å². The number of rotatable bonds is 1. The van der Waals surface area contributed by atoms with Crippen LogP contribution >= 0.6 is 0 Å². The summed E-state index contributed by atoms with van der Waals surface area (Å²) < 4.78 is 0. The van der Waals surface area contributed by atoms with Crippen molar-refractivity contribution < 1.29 is 0 Å². The molecule has 76 valence electrons. The standard InChI is InChI=1S/C11H16N2O/c1-8-6-10(11(14)13-7-8)9-2-4-12-5-3-9/h6-7,9,12H,2-5H2,1H3,(H,13,14). The van der Waals surface area contributed by atoms with E-state index in [0.29, 0.717) is 5.92 Å². The largest absolute Gasteiger partial charge is 0.329 e. The lowest BCUT2D eigenvalue weighted by Crippen LogP contribution is -2.29. The molecule has 2 heterocycles. The summed E-state index contributed by atoms with van der Waals surface area (Å²) in [5.74, 6) is 0.444. The number of pyridine rings is 1. The Morgan fingerprint density at radius 3 is 2.79 bits per heavy atom. The maximum atomic E-state index is 11.6. The van der Waals surface area contributed by atoms with Crippen molar-refractivity contribution >= 4 is 0 Å². The molecule has 0 amide bonds. The highest BCUT2D eigenvalue weighted by Gasteiger charge is 2.17. The molecule has 3 heteroatoms.